The predicted octanol–water partition coefficient (Wildman–Crippen LogP) is 4.11. The van der Waals surface area contributed by atoms with Gasteiger partial charge in [0.25, 0.3) is 0 Å². The molecule has 1 aliphatic heterocycles. The first-order valence-electron chi connectivity index (χ1n) is 10.1. The smallest absolute Gasteiger partial charge is 0.246 e. The Hall–Kier alpha value is -2.39. The molecule has 0 atom stereocenters. The maximum Gasteiger partial charge on any atom is 0.246 e. The Morgan fingerprint density at radius 2 is 1.62 bits per heavy atom. The number of piperazine rings is 1. The van der Waals surface area contributed by atoms with Crippen molar-refractivity contribution in [3.63, 3.8) is 0 Å². The lowest BCUT2D eigenvalue weighted by molar-refractivity contribution is -0.132. The number of amides is 1. The number of hydrogen-bond donors (Lipinski definition) is 0. The summed E-state index contributed by atoms with van der Waals surface area (Å²) in [6, 6.07) is 14.2. The van der Waals surface area contributed by atoms with Crippen molar-refractivity contribution >= 4 is 39.1 Å². The fraction of sp³-hybridized carbons (Fsp3) is 0.273. The number of rotatable bonds is 6. The van der Waals surface area contributed by atoms with Gasteiger partial charge in [-0.25, -0.2) is 13.4 Å². The van der Waals surface area contributed by atoms with Gasteiger partial charge in [0, 0.05) is 44.6 Å². The third-order valence-electron chi connectivity index (χ3n) is 5.27. The van der Waals surface area contributed by atoms with Crippen LogP contribution in [0, 0.1) is 0 Å². The monoisotopic (exact) mass is 493 g/mol. The Bertz CT molecular complexity index is 1190. The molecule has 1 fully saturated rings. The molecule has 3 aromatic rings. The minimum Gasteiger partial charge on any atom is -0.441 e. The van der Waals surface area contributed by atoms with Crippen LogP contribution in [0.1, 0.15) is 12.3 Å². The first kappa shape index (κ1) is 22.8. The van der Waals surface area contributed by atoms with Crippen LogP contribution in [-0.2, 0) is 21.2 Å². The molecule has 0 bridgehead atoms. The average molecular weight is 494 g/mol. The van der Waals surface area contributed by atoms with Gasteiger partial charge in [-0.2, -0.15) is 4.31 Å². The Labute approximate surface area is 196 Å². The summed E-state index contributed by atoms with van der Waals surface area (Å²) >= 11 is 12.2. The highest BCUT2D eigenvalue weighted by Gasteiger charge is 2.32. The second kappa shape index (κ2) is 9.62. The van der Waals surface area contributed by atoms with Crippen molar-refractivity contribution < 1.29 is 17.6 Å². The molecule has 2 heterocycles. The maximum absolute atomic E-state index is 13.0. The lowest BCUT2D eigenvalue weighted by atomic mass is 10.2. The largest absolute Gasteiger partial charge is 0.441 e. The topological polar surface area (TPSA) is 83.7 Å². The normalized spacial score (nSPS) is 15.1. The van der Waals surface area contributed by atoms with Crippen molar-refractivity contribution in [3.05, 3.63) is 70.7 Å². The summed E-state index contributed by atoms with van der Waals surface area (Å²) in [6.07, 6.45) is 2.26. The number of nitrogens with zero attached hydrogens (tertiary/aromatic N) is 3. The van der Waals surface area contributed by atoms with Gasteiger partial charge in [0.05, 0.1) is 16.2 Å². The number of aryl methyl sites for hydroxylation is 1. The van der Waals surface area contributed by atoms with Gasteiger partial charge in [0.1, 0.15) is 4.90 Å². The van der Waals surface area contributed by atoms with Crippen molar-refractivity contribution in [3.8, 4) is 11.3 Å². The Morgan fingerprint density at radius 3 is 2.28 bits per heavy atom. The van der Waals surface area contributed by atoms with Gasteiger partial charge in [0.15, 0.2) is 11.7 Å². The highest BCUT2D eigenvalue weighted by Crippen LogP contribution is 2.32. The third kappa shape index (κ3) is 4.83. The van der Waals surface area contributed by atoms with E-state index in [-0.39, 0.29) is 40.4 Å². The predicted molar refractivity (Wildman–Crippen MR) is 122 cm³/mol. The van der Waals surface area contributed by atoms with E-state index in [4.69, 9.17) is 27.6 Å². The number of halogens is 2. The van der Waals surface area contributed by atoms with Gasteiger partial charge in [-0.1, -0.05) is 59.6 Å². The van der Waals surface area contributed by atoms with E-state index in [1.165, 1.54) is 16.4 Å². The molecule has 2 aromatic carbocycles. The fourth-order valence-electron chi connectivity index (χ4n) is 3.57. The van der Waals surface area contributed by atoms with Gasteiger partial charge in [-0.05, 0) is 12.1 Å². The molecule has 1 aliphatic rings. The van der Waals surface area contributed by atoms with Crippen LogP contribution in [0.5, 0.6) is 0 Å². The number of sulfonamides is 1. The van der Waals surface area contributed by atoms with Gasteiger partial charge >= 0.3 is 0 Å². The summed E-state index contributed by atoms with van der Waals surface area (Å²) in [5, 5.41) is 0.161. The van der Waals surface area contributed by atoms with Crippen LogP contribution in [0.15, 0.2) is 64.0 Å². The van der Waals surface area contributed by atoms with Gasteiger partial charge < -0.3 is 9.32 Å². The third-order valence-corrected chi connectivity index (χ3v) is 8.13. The molecule has 0 unspecified atom stereocenters. The van der Waals surface area contributed by atoms with E-state index in [1.54, 1.807) is 17.2 Å². The second-order valence-electron chi connectivity index (χ2n) is 7.32. The number of benzene rings is 2. The Morgan fingerprint density at radius 1 is 0.969 bits per heavy atom. The van der Waals surface area contributed by atoms with Crippen LogP contribution in [0.3, 0.4) is 0 Å². The summed E-state index contributed by atoms with van der Waals surface area (Å²) in [6.45, 7) is 0.932. The molecule has 0 aliphatic carbocycles. The number of hydrogen-bond acceptors (Lipinski definition) is 5. The summed E-state index contributed by atoms with van der Waals surface area (Å²) in [5.74, 6) is 1.08. The summed E-state index contributed by atoms with van der Waals surface area (Å²) in [5.41, 5.74) is 0.925. The first-order chi connectivity index (χ1) is 15.4. The van der Waals surface area contributed by atoms with Crippen LogP contribution in [0.2, 0.25) is 10.0 Å². The molecular weight excluding hydrogens is 473 g/mol. The van der Waals surface area contributed by atoms with Crippen LogP contribution in [0.4, 0.5) is 0 Å². The molecule has 32 heavy (non-hydrogen) atoms. The Balaban J connectivity index is 1.33. The van der Waals surface area contributed by atoms with Gasteiger partial charge in [0.2, 0.25) is 15.9 Å². The highest BCUT2D eigenvalue weighted by molar-refractivity contribution is 7.89. The fourth-order valence-corrected chi connectivity index (χ4v) is 6.08. The van der Waals surface area contributed by atoms with Crippen molar-refractivity contribution in [2.75, 3.05) is 26.2 Å². The lowest BCUT2D eigenvalue weighted by Gasteiger charge is -2.34. The zero-order valence-corrected chi connectivity index (χ0v) is 19.4. The minimum atomic E-state index is -3.84. The zero-order chi connectivity index (χ0) is 22.7. The zero-order valence-electron chi connectivity index (χ0n) is 17.1. The molecule has 168 valence electrons. The molecule has 1 aromatic heterocycles. The molecule has 7 nitrogen and oxygen atoms in total. The van der Waals surface area contributed by atoms with E-state index in [1.807, 2.05) is 30.3 Å². The van der Waals surface area contributed by atoms with Crippen LogP contribution in [0.25, 0.3) is 11.3 Å². The number of oxazole rings is 1. The molecule has 0 N–H and O–H groups in total. The summed E-state index contributed by atoms with van der Waals surface area (Å²) < 4.78 is 33.0. The molecule has 1 amide bonds. The highest BCUT2D eigenvalue weighted by atomic mass is 35.5. The molecule has 0 radical (unpaired) electrons. The molecule has 10 heteroatoms. The first-order valence-corrected chi connectivity index (χ1v) is 12.3. The van der Waals surface area contributed by atoms with Crippen LogP contribution < -0.4 is 0 Å². The van der Waals surface area contributed by atoms with Crippen molar-refractivity contribution in [1.82, 2.24) is 14.2 Å². The lowest BCUT2D eigenvalue weighted by Crippen LogP contribution is -2.50. The van der Waals surface area contributed by atoms with E-state index in [0.29, 0.717) is 31.2 Å². The minimum absolute atomic E-state index is 0.0720. The van der Waals surface area contributed by atoms with E-state index in [9.17, 15) is 13.2 Å². The maximum atomic E-state index is 13.0. The number of carbonyl (C=O) groups is 1. The second-order valence-corrected chi connectivity index (χ2v) is 10.0. The molecule has 4 rings (SSSR count). The number of aromatic nitrogens is 1. The molecule has 0 spiro atoms. The summed E-state index contributed by atoms with van der Waals surface area (Å²) in [7, 11) is -3.84. The molecular formula is C22H21Cl2N3O4S. The van der Waals surface area contributed by atoms with E-state index in [2.05, 4.69) is 4.98 Å². The van der Waals surface area contributed by atoms with Crippen molar-refractivity contribution in [2.24, 2.45) is 0 Å². The van der Waals surface area contributed by atoms with Gasteiger partial charge in [-0.3, -0.25) is 4.79 Å². The van der Waals surface area contributed by atoms with Crippen LogP contribution >= 0.6 is 23.2 Å². The average Bonchev–Trinajstić information content (AvgIpc) is 3.27. The molecule has 1 saturated heterocycles. The SMILES string of the molecule is O=C(CCc1ncc(-c2ccccc2)o1)N1CCN(S(=O)(=O)c2c(Cl)cccc2Cl)CC1. The van der Waals surface area contributed by atoms with E-state index in [0.717, 1.165) is 5.56 Å². The van der Waals surface area contributed by atoms with Gasteiger partial charge in [-0.15, -0.1) is 0 Å². The quantitative estimate of drug-likeness (QED) is 0.515. The van der Waals surface area contributed by atoms with Crippen molar-refractivity contribution in [2.45, 2.75) is 17.7 Å². The van der Waals surface area contributed by atoms with Crippen LogP contribution in [-0.4, -0.2) is 54.7 Å². The standard InChI is InChI=1S/C22H21Cl2N3O4S/c23-17-7-4-8-18(24)22(17)32(29,30)27-13-11-26(12-14-27)21(28)10-9-20-25-15-19(31-20)16-5-2-1-3-6-16/h1-8,15H,9-14H2. The number of carbonyl (C=O) groups excluding carboxylic acids is 1. The Kier molecular flexibility index (Phi) is 6.85. The van der Waals surface area contributed by atoms with E-state index < -0.39 is 10.0 Å². The van der Waals surface area contributed by atoms with Crippen molar-refractivity contribution in [1.29, 1.82) is 0 Å². The summed E-state index contributed by atoms with van der Waals surface area (Å²) in [4.78, 5) is 18.4. The van der Waals surface area contributed by atoms with E-state index >= 15 is 0 Å². The molecule has 0 saturated carbocycles.